The number of rotatable bonds is 8. The highest BCUT2D eigenvalue weighted by Crippen LogP contribution is 2.45. The van der Waals surface area contributed by atoms with Crippen molar-refractivity contribution in [2.45, 2.75) is 80.6 Å². The van der Waals surface area contributed by atoms with E-state index in [0.717, 1.165) is 17.8 Å². The Kier molecular flexibility index (Phi) is 7.35. The van der Waals surface area contributed by atoms with E-state index in [4.69, 9.17) is 0 Å². The first kappa shape index (κ1) is 16.0. The lowest BCUT2D eigenvalue weighted by Crippen LogP contribution is -2.34. The van der Waals surface area contributed by atoms with Crippen LogP contribution in [0.3, 0.4) is 0 Å². The largest absolute Gasteiger partial charge is 0.0654 e. The second-order valence-electron chi connectivity index (χ2n) is 5.91. The van der Waals surface area contributed by atoms with Gasteiger partial charge in [-0.2, -0.15) is 0 Å². The predicted octanol–water partition coefficient (Wildman–Crippen LogP) is 5.91. The Balaban J connectivity index is 4.86. The molecule has 98 valence electrons. The Morgan fingerprint density at radius 1 is 0.812 bits per heavy atom. The molecule has 0 aromatic carbocycles. The highest BCUT2D eigenvalue weighted by atomic mass is 14.4. The molecule has 0 aliphatic heterocycles. The lowest BCUT2D eigenvalue weighted by atomic mass is 9.62. The standard InChI is InChI=1S/C16H34/c1-8-12-15(13(5)6)14(7)16(9-2,10-3)11-4/h13-15H,8-12H2,1-7H3. The Labute approximate surface area is 104 Å². The topological polar surface area (TPSA) is 0 Å². The van der Waals surface area contributed by atoms with Crippen molar-refractivity contribution >= 4 is 0 Å². The molecule has 0 nitrogen and oxygen atoms in total. The van der Waals surface area contributed by atoms with E-state index in [9.17, 15) is 0 Å². The summed E-state index contributed by atoms with van der Waals surface area (Å²) in [5.74, 6) is 2.61. The van der Waals surface area contributed by atoms with Crippen molar-refractivity contribution in [2.24, 2.45) is 23.2 Å². The van der Waals surface area contributed by atoms with Crippen molar-refractivity contribution in [1.29, 1.82) is 0 Å². The molecular formula is C16H34. The molecule has 16 heavy (non-hydrogen) atoms. The first-order valence-corrected chi connectivity index (χ1v) is 7.48. The first-order valence-electron chi connectivity index (χ1n) is 7.48. The fourth-order valence-corrected chi connectivity index (χ4v) is 3.66. The Morgan fingerprint density at radius 2 is 1.25 bits per heavy atom. The number of hydrogen-bond acceptors (Lipinski definition) is 0. The van der Waals surface area contributed by atoms with Crippen LogP contribution >= 0.6 is 0 Å². The van der Waals surface area contributed by atoms with Crippen molar-refractivity contribution in [1.82, 2.24) is 0 Å². The lowest BCUT2D eigenvalue weighted by Gasteiger charge is -2.43. The summed E-state index contributed by atoms with van der Waals surface area (Å²) >= 11 is 0. The van der Waals surface area contributed by atoms with Crippen molar-refractivity contribution in [2.75, 3.05) is 0 Å². The molecule has 0 saturated heterocycles. The smallest absolute Gasteiger partial charge is 0.0277 e. The first-order chi connectivity index (χ1) is 7.48. The highest BCUT2D eigenvalue weighted by molar-refractivity contribution is 4.86. The minimum absolute atomic E-state index is 0.587. The molecule has 0 bridgehead atoms. The van der Waals surface area contributed by atoms with Crippen LogP contribution < -0.4 is 0 Å². The summed E-state index contributed by atoms with van der Waals surface area (Å²) in [7, 11) is 0. The molecule has 0 aliphatic carbocycles. The third-order valence-corrected chi connectivity index (χ3v) is 5.20. The van der Waals surface area contributed by atoms with Gasteiger partial charge in [-0.25, -0.2) is 0 Å². The lowest BCUT2D eigenvalue weighted by molar-refractivity contribution is 0.0673. The van der Waals surface area contributed by atoms with E-state index in [1.54, 1.807) is 0 Å². The summed E-state index contributed by atoms with van der Waals surface area (Å²) < 4.78 is 0. The molecule has 0 spiro atoms. The van der Waals surface area contributed by atoms with E-state index < -0.39 is 0 Å². The van der Waals surface area contributed by atoms with Crippen LogP contribution in [0.1, 0.15) is 80.6 Å². The van der Waals surface area contributed by atoms with Gasteiger partial charge in [-0.05, 0) is 23.2 Å². The van der Waals surface area contributed by atoms with E-state index in [0.29, 0.717) is 5.41 Å². The van der Waals surface area contributed by atoms with Crippen LogP contribution in [-0.4, -0.2) is 0 Å². The fraction of sp³-hybridized carbons (Fsp3) is 1.00. The van der Waals surface area contributed by atoms with Crippen molar-refractivity contribution in [3.8, 4) is 0 Å². The maximum Gasteiger partial charge on any atom is -0.0277 e. The van der Waals surface area contributed by atoms with Gasteiger partial charge < -0.3 is 0 Å². The zero-order chi connectivity index (χ0) is 12.8. The van der Waals surface area contributed by atoms with E-state index in [1.807, 2.05) is 0 Å². The van der Waals surface area contributed by atoms with Crippen LogP contribution in [0.15, 0.2) is 0 Å². The molecule has 0 saturated carbocycles. The van der Waals surface area contributed by atoms with Crippen molar-refractivity contribution in [3.05, 3.63) is 0 Å². The van der Waals surface area contributed by atoms with Gasteiger partial charge in [-0.15, -0.1) is 0 Å². The van der Waals surface area contributed by atoms with Crippen molar-refractivity contribution in [3.63, 3.8) is 0 Å². The van der Waals surface area contributed by atoms with Crippen LogP contribution in [0.25, 0.3) is 0 Å². The Morgan fingerprint density at radius 3 is 1.50 bits per heavy atom. The molecule has 2 unspecified atom stereocenters. The average Bonchev–Trinajstić information content (AvgIpc) is 2.28. The zero-order valence-electron chi connectivity index (χ0n) is 12.8. The fourth-order valence-electron chi connectivity index (χ4n) is 3.66. The van der Waals surface area contributed by atoms with Crippen molar-refractivity contribution < 1.29 is 0 Å². The van der Waals surface area contributed by atoms with Crippen LogP contribution in [-0.2, 0) is 0 Å². The quantitative estimate of drug-likeness (QED) is 0.482. The molecule has 0 aliphatic rings. The molecule has 2 atom stereocenters. The van der Waals surface area contributed by atoms with E-state index >= 15 is 0 Å². The van der Waals surface area contributed by atoms with Gasteiger partial charge in [0.25, 0.3) is 0 Å². The molecule has 0 amide bonds. The molecule has 0 heteroatoms. The molecule has 0 rings (SSSR count). The SMILES string of the molecule is CCCC(C(C)C)C(C)C(CC)(CC)CC. The van der Waals surface area contributed by atoms with Crippen LogP contribution in [0, 0.1) is 23.2 Å². The molecule has 0 aromatic rings. The monoisotopic (exact) mass is 226 g/mol. The van der Waals surface area contributed by atoms with Crippen LogP contribution in [0.2, 0.25) is 0 Å². The van der Waals surface area contributed by atoms with Gasteiger partial charge in [0.15, 0.2) is 0 Å². The van der Waals surface area contributed by atoms with Gasteiger partial charge in [0.2, 0.25) is 0 Å². The molecule has 0 N–H and O–H groups in total. The van der Waals surface area contributed by atoms with E-state index in [2.05, 4.69) is 48.5 Å². The van der Waals surface area contributed by atoms with Gasteiger partial charge >= 0.3 is 0 Å². The maximum absolute atomic E-state index is 2.51. The summed E-state index contributed by atoms with van der Waals surface area (Å²) in [5.41, 5.74) is 0.587. The molecule has 0 radical (unpaired) electrons. The molecular weight excluding hydrogens is 192 g/mol. The van der Waals surface area contributed by atoms with E-state index in [1.165, 1.54) is 32.1 Å². The minimum Gasteiger partial charge on any atom is -0.0654 e. The van der Waals surface area contributed by atoms with Gasteiger partial charge in [-0.3, -0.25) is 0 Å². The molecule has 0 fully saturated rings. The third kappa shape index (κ3) is 3.50. The third-order valence-electron chi connectivity index (χ3n) is 5.20. The summed E-state index contributed by atoms with van der Waals surface area (Å²) in [6.07, 6.45) is 6.76. The molecule has 0 heterocycles. The second-order valence-corrected chi connectivity index (χ2v) is 5.91. The van der Waals surface area contributed by atoms with Gasteiger partial charge in [0.1, 0.15) is 0 Å². The van der Waals surface area contributed by atoms with Gasteiger partial charge in [0.05, 0.1) is 0 Å². The van der Waals surface area contributed by atoms with E-state index in [-0.39, 0.29) is 0 Å². The summed E-state index contributed by atoms with van der Waals surface area (Å²) in [6, 6.07) is 0. The average molecular weight is 226 g/mol. The Bertz CT molecular complexity index is 157. The zero-order valence-corrected chi connectivity index (χ0v) is 12.8. The molecule has 0 aromatic heterocycles. The summed E-state index contributed by atoms with van der Waals surface area (Å²) in [4.78, 5) is 0. The Hall–Kier alpha value is 0. The summed E-state index contributed by atoms with van der Waals surface area (Å²) in [6.45, 7) is 16.8. The van der Waals surface area contributed by atoms with Crippen LogP contribution in [0.4, 0.5) is 0 Å². The normalized spacial score (nSPS) is 16.5. The highest BCUT2D eigenvalue weighted by Gasteiger charge is 2.36. The minimum atomic E-state index is 0.587. The predicted molar refractivity (Wildman–Crippen MR) is 75.7 cm³/mol. The second kappa shape index (κ2) is 7.35. The van der Waals surface area contributed by atoms with Gasteiger partial charge in [0, 0.05) is 0 Å². The number of hydrogen-bond donors (Lipinski definition) is 0. The van der Waals surface area contributed by atoms with Gasteiger partial charge in [-0.1, -0.05) is 80.6 Å². The summed E-state index contributed by atoms with van der Waals surface area (Å²) in [5, 5.41) is 0. The maximum atomic E-state index is 2.51. The van der Waals surface area contributed by atoms with Crippen LogP contribution in [0.5, 0.6) is 0 Å².